The fourth-order valence-corrected chi connectivity index (χ4v) is 4.14. The molecule has 0 spiro atoms. The summed E-state index contributed by atoms with van der Waals surface area (Å²) in [6, 6.07) is 20.0. The third-order valence-electron chi connectivity index (χ3n) is 5.45. The van der Waals surface area contributed by atoms with Crippen molar-refractivity contribution in [3.05, 3.63) is 78.0 Å². The molecule has 2 aromatic carbocycles. The Hall–Kier alpha value is -2.96. The zero-order chi connectivity index (χ0) is 21.6. The quantitative estimate of drug-likeness (QED) is 0.639. The molecule has 0 radical (unpaired) electrons. The first-order chi connectivity index (χ1) is 15.1. The average molecular weight is 419 g/mol. The van der Waals surface area contributed by atoms with Crippen LogP contribution in [0.2, 0.25) is 0 Å². The van der Waals surface area contributed by atoms with Gasteiger partial charge in [0.2, 0.25) is 0 Å². The van der Waals surface area contributed by atoms with E-state index in [2.05, 4.69) is 36.2 Å². The van der Waals surface area contributed by atoms with Gasteiger partial charge in [0.1, 0.15) is 5.69 Å². The lowest BCUT2D eigenvalue weighted by atomic mass is 10.1. The molecule has 1 aromatic heterocycles. The Morgan fingerprint density at radius 3 is 2.35 bits per heavy atom. The van der Waals surface area contributed by atoms with Gasteiger partial charge in [0.25, 0.3) is 5.91 Å². The number of hydrogen-bond donors (Lipinski definition) is 1. The fraction of sp³-hybridized carbons (Fsp3) is 0.360. The van der Waals surface area contributed by atoms with E-state index in [9.17, 15) is 4.79 Å². The van der Waals surface area contributed by atoms with Crippen molar-refractivity contribution in [1.29, 1.82) is 0 Å². The number of aromatic nitrogens is 2. The van der Waals surface area contributed by atoms with E-state index in [1.54, 1.807) is 0 Å². The highest BCUT2D eigenvalue weighted by molar-refractivity contribution is 5.99. The van der Waals surface area contributed by atoms with Crippen molar-refractivity contribution in [3.63, 3.8) is 0 Å². The van der Waals surface area contributed by atoms with Gasteiger partial charge in [-0.05, 0) is 19.4 Å². The summed E-state index contributed by atoms with van der Waals surface area (Å²) in [5, 5.41) is 7.83. The van der Waals surface area contributed by atoms with Crippen LogP contribution in [0.5, 0.6) is 0 Å². The summed E-state index contributed by atoms with van der Waals surface area (Å²) in [7, 11) is 0. The third-order valence-corrected chi connectivity index (χ3v) is 5.45. The second kappa shape index (κ2) is 9.90. The van der Waals surface area contributed by atoms with Crippen LogP contribution in [0, 0.1) is 0 Å². The highest BCUT2D eigenvalue weighted by Crippen LogP contribution is 2.22. The predicted molar refractivity (Wildman–Crippen MR) is 122 cm³/mol. The van der Waals surface area contributed by atoms with Crippen LogP contribution in [0.4, 0.5) is 0 Å². The Kier molecular flexibility index (Phi) is 6.79. The molecule has 2 atom stereocenters. The summed E-state index contributed by atoms with van der Waals surface area (Å²) >= 11 is 0. The number of hydrogen-bond acceptors (Lipinski definition) is 4. The summed E-state index contributed by atoms with van der Waals surface area (Å²) in [5.74, 6) is -0.0903. The van der Waals surface area contributed by atoms with E-state index in [0.717, 1.165) is 30.8 Å². The molecule has 1 saturated heterocycles. The van der Waals surface area contributed by atoms with Gasteiger partial charge in [0.15, 0.2) is 0 Å². The number of carbonyl (C=O) groups is 1. The molecule has 1 fully saturated rings. The number of nitrogens with zero attached hydrogens (tertiary/aromatic N) is 3. The molecule has 4 rings (SSSR count). The van der Waals surface area contributed by atoms with Crippen molar-refractivity contribution in [2.24, 2.45) is 0 Å². The molecule has 2 heterocycles. The van der Waals surface area contributed by atoms with E-state index < -0.39 is 0 Å². The highest BCUT2D eigenvalue weighted by atomic mass is 16.5. The van der Waals surface area contributed by atoms with Crippen LogP contribution >= 0.6 is 0 Å². The first-order valence-corrected chi connectivity index (χ1v) is 10.9. The van der Waals surface area contributed by atoms with Gasteiger partial charge >= 0.3 is 0 Å². The summed E-state index contributed by atoms with van der Waals surface area (Å²) < 4.78 is 7.63. The summed E-state index contributed by atoms with van der Waals surface area (Å²) in [4.78, 5) is 15.4. The molecular formula is C25H30N4O2. The van der Waals surface area contributed by atoms with Crippen molar-refractivity contribution < 1.29 is 9.53 Å². The summed E-state index contributed by atoms with van der Waals surface area (Å²) in [5.41, 5.74) is 3.40. The van der Waals surface area contributed by atoms with Crippen LogP contribution < -0.4 is 5.32 Å². The van der Waals surface area contributed by atoms with Crippen molar-refractivity contribution >= 4 is 5.91 Å². The molecule has 2 unspecified atom stereocenters. The highest BCUT2D eigenvalue weighted by Gasteiger charge is 2.22. The molecule has 0 bridgehead atoms. The molecule has 1 aliphatic rings. The standard InChI is InChI=1S/C25H30N4O2/c1-19-15-28(16-20(2)31-19)14-13-26-25(30)23-18-29(17-21-9-5-3-6-10-21)27-24(23)22-11-7-4-8-12-22/h3-12,18-20H,13-17H2,1-2H3,(H,26,30). The van der Waals surface area contributed by atoms with Gasteiger partial charge in [-0.1, -0.05) is 60.7 Å². The van der Waals surface area contributed by atoms with E-state index in [-0.39, 0.29) is 18.1 Å². The molecule has 3 aromatic rings. The molecule has 162 valence electrons. The number of ether oxygens (including phenoxy) is 1. The Morgan fingerprint density at radius 2 is 1.68 bits per heavy atom. The van der Waals surface area contributed by atoms with Crippen LogP contribution in [0.25, 0.3) is 11.3 Å². The molecule has 0 aliphatic carbocycles. The van der Waals surface area contributed by atoms with Gasteiger partial charge in [0, 0.05) is 37.9 Å². The number of carbonyl (C=O) groups excluding carboxylic acids is 1. The van der Waals surface area contributed by atoms with Gasteiger partial charge in [-0.25, -0.2) is 0 Å². The monoisotopic (exact) mass is 418 g/mol. The zero-order valence-electron chi connectivity index (χ0n) is 18.2. The lowest BCUT2D eigenvalue weighted by Gasteiger charge is -2.35. The first kappa shape index (κ1) is 21.3. The van der Waals surface area contributed by atoms with Crippen molar-refractivity contribution in [1.82, 2.24) is 20.0 Å². The average Bonchev–Trinajstić information content (AvgIpc) is 3.18. The maximum atomic E-state index is 13.1. The minimum atomic E-state index is -0.0903. The Bertz CT molecular complexity index is 977. The Labute approximate surface area is 183 Å². The van der Waals surface area contributed by atoms with Gasteiger partial charge in [-0.15, -0.1) is 0 Å². The molecule has 1 N–H and O–H groups in total. The Balaban J connectivity index is 1.47. The van der Waals surface area contributed by atoms with Gasteiger partial charge in [0.05, 0.1) is 24.3 Å². The van der Waals surface area contributed by atoms with Crippen LogP contribution in [0.3, 0.4) is 0 Å². The maximum absolute atomic E-state index is 13.1. The van der Waals surface area contributed by atoms with E-state index in [1.165, 1.54) is 0 Å². The number of rotatable bonds is 7. The van der Waals surface area contributed by atoms with Crippen molar-refractivity contribution in [2.75, 3.05) is 26.2 Å². The van der Waals surface area contributed by atoms with Crippen molar-refractivity contribution in [2.45, 2.75) is 32.6 Å². The van der Waals surface area contributed by atoms with Crippen LogP contribution in [0.15, 0.2) is 66.9 Å². The molecule has 6 nitrogen and oxygen atoms in total. The van der Waals surface area contributed by atoms with E-state index in [1.807, 2.05) is 59.4 Å². The zero-order valence-corrected chi connectivity index (χ0v) is 18.2. The van der Waals surface area contributed by atoms with Crippen LogP contribution in [-0.4, -0.2) is 59.0 Å². The Morgan fingerprint density at radius 1 is 1.03 bits per heavy atom. The first-order valence-electron chi connectivity index (χ1n) is 10.9. The van der Waals surface area contributed by atoms with Crippen molar-refractivity contribution in [3.8, 4) is 11.3 Å². The normalized spacial score (nSPS) is 19.3. The van der Waals surface area contributed by atoms with E-state index >= 15 is 0 Å². The maximum Gasteiger partial charge on any atom is 0.255 e. The minimum Gasteiger partial charge on any atom is -0.373 e. The van der Waals surface area contributed by atoms with Gasteiger partial charge in [-0.3, -0.25) is 14.4 Å². The SMILES string of the molecule is CC1CN(CCNC(=O)c2cn(Cc3ccccc3)nc2-c2ccccc2)CC(C)O1. The number of amides is 1. The molecule has 1 aliphatic heterocycles. The smallest absolute Gasteiger partial charge is 0.255 e. The lowest BCUT2D eigenvalue weighted by Crippen LogP contribution is -2.47. The van der Waals surface area contributed by atoms with Gasteiger partial charge < -0.3 is 10.1 Å². The molecule has 0 saturated carbocycles. The summed E-state index contributed by atoms with van der Waals surface area (Å²) in [6.45, 7) is 7.99. The van der Waals surface area contributed by atoms with Crippen LogP contribution in [0.1, 0.15) is 29.8 Å². The third kappa shape index (κ3) is 5.60. The number of nitrogens with one attached hydrogen (secondary N) is 1. The largest absolute Gasteiger partial charge is 0.373 e. The molecule has 1 amide bonds. The van der Waals surface area contributed by atoms with Gasteiger partial charge in [-0.2, -0.15) is 5.10 Å². The molecule has 6 heteroatoms. The van der Waals surface area contributed by atoms with E-state index in [4.69, 9.17) is 9.84 Å². The predicted octanol–water partition coefficient (Wildman–Crippen LogP) is 3.44. The lowest BCUT2D eigenvalue weighted by molar-refractivity contribution is -0.0672. The van der Waals surface area contributed by atoms with Crippen LogP contribution in [-0.2, 0) is 11.3 Å². The second-order valence-electron chi connectivity index (χ2n) is 8.21. The minimum absolute atomic E-state index is 0.0903. The molecule has 31 heavy (non-hydrogen) atoms. The summed E-state index contributed by atoms with van der Waals surface area (Å²) in [6.07, 6.45) is 2.30. The number of benzene rings is 2. The van der Waals surface area contributed by atoms with E-state index in [0.29, 0.717) is 24.3 Å². The molecular weight excluding hydrogens is 388 g/mol. The topological polar surface area (TPSA) is 59.4 Å². The number of morpholine rings is 1. The second-order valence-corrected chi connectivity index (χ2v) is 8.21. The fourth-order valence-electron chi connectivity index (χ4n) is 4.14.